The fraction of sp³-hybridized carbons (Fsp3) is 0.469. The monoisotopic (exact) mass is 568 g/mol. The number of piperazine rings is 1. The number of fused-ring (bicyclic) bond motifs is 1. The number of likely N-dealkylation sites (N-methyl/N-ethyl adjacent to an activating group) is 1. The number of aliphatic hydroxyl groups excluding tert-OH is 1. The highest BCUT2D eigenvalue weighted by molar-refractivity contribution is 5.76. The topological polar surface area (TPSA) is 75.6 Å². The molecule has 2 aliphatic rings. The summed E-state index contributed by atoms with van der Waals surface area (Å²) in [5.74, 6) is 0.0712. The molecule has 3 N–H and O–H groups in total. The molecule has 2 aromatic heterocycles. The first-order chi connectivity index (χ1) is 19.3. The summed E-state index contributed by atoms with van der Waals surface area (Å²) in [7, 11) is 2.10. The fourth-order valence-electron chi connectivity index (χ4n) is 6.11. The van der Waals surface area contributed by atoms with Crippen LogP contribution < -0.4 is 0 Å². The zero-order valence-electron chi connectivity index (χ0n) is 23.9. The van der Waals surface area contributed by atoms with E-state index in [1.54, 1.807) is 26.0 Å². The van der Waals surface area contributed by atoms with Gasteiger partial charge in [-0.1, -0.05) is 50.3 Å². The van der Waals surface area contributed by atoms with Gasteiger partial charge >= 0.3 is 6.18 Å². The average molecular weight is 569 g/mol. The van der Waals surface area contributed by atoms with Gasteiger partial charge in [0.2, 0.25) is 0 Å². The van der Waals surface area contributed by atoms with Gasteiger partial charge in [-0.3, -0.25) is 4.90 Å². The molecule has 0 radical (unpaired) electrons. The van der Waals surface area contributed by atoms with Crippen LogP contribution in [0.15, 0.2) is 65.9 Å². The van der Waals surface area contributed by atoms with Crippen molar-refractivity contribution in [2.24, 2.45) is 5.41 Å². The molecular formula is C32H39F3N4O2. The van der Waals surface area contributed by atoms with Crippen LogP contribution in [0.3, 0.4) is 0 Å². The van der Waals surface area contributed by atoms with Gasteiger partial charge in [0.15, 0.2) is 5.60 Å². The lowest BCUT2D eigenvalue weighted by molar-refractivity contribution is -0.268. The van der Waals surface area contributed by atoms with E-state index >= 15 is 0 Å². The molecule has 1 aliphatic heterocycles. The summed E-state index contributed by atoms with van der Waals surface area (Å²) < 4.78 is 43.7. The van der Waals surface area contributed by atoms with Gasteiger partial charge in [0.25, 0.3) is 0 Å². The summed E-state index contributed by atoms with van der Waals surface area (Å²) in [4.78, 5) is 12.3. The highest BCUT2D eigenvalue weighted by Crippen LogP contribution is 2.47. The summed E-state index contributed by atoms with van der Waals surface area (Å²) in [5, 5.41) is 22.0. The zero-order chi connectivity index (χ0) is 29.4. The Bertz CT molecular complexity index is 1440. The molecule has 9 heteroatoms. The Morgan fingerprint density at radius 2 is 1.68 bits per heavy atom. The summed E-state index contributed by atoms with van der Waals surface area (Å²) in [6, 6.07) is 15.0. The number of rotatable bonds is 8. The lowest BCUT2D eigenvalue weighted by Crippen LogP contribution is -2.50. The lowest BCUT2D eigenvalue weighted by atomic mass is 9.70. The van der Waals surface area contributed by atoms with Crippen LogP contribution in [0.1, 0.15) is 50.1 Å². The number of pyridine rings is 1. The molecule has 3 aromatic rings. The van der Waals surface area contributed by atoms with Crippen molar-refractivity contribution in [2.75, 3.05) is 33.2 Å². The van der Waals surface area contributed by atoms with Crippen molar-refractivity contribution in [3.8, 4) is 0 Å². The summed E-state index contributed by atoms with van der Waals surface area (Å²) in [6.45, 7) is 7.84. The van der Waals surface area contributed by atoms with E-state index in [-0.39, 0.29) is 11.5 Å². The Morgan fingerprint density at radius 1 is 0.976 bits per heavy atom. The van der Waals surface area contributed by atoms with Gasteiger partial charge in [0, 0.05) is 51.3 Å². The first-order valence-corrected chi connectivity index (χ1v) is 14.2. The molecule has 0 spiro atoms. The smallest absolute Gasteiger partial charge is 0.417 e. The van der Waals surface area contributed by atoms with Crippen LogP contribution in [0, 0.1) is 5.41 Å². The number of nitrogens with zero attached hydrogens (tertiary/aromatic N) is 3. The molecular weight excluding hydrogens is 529 g/mol. The highest BCUT2D eigenvalue weighted by Gasteiger charge is 2.56. The molecule has 1 unspecified atom stereocenters. The maximum absolute atomic E-state index is 14.6. The minimum absolute atomic E-state index is 0.0712. The van der Waals surface area contributed by atoms with Gasteiger partial charge in [0.1, 0.15) is 0 Å². The average Bonchev–Trinajstić information content (AvgIpc) is 3.31. The summed E-state index contributed by atoms with van der Waals surface area (Å²) in [6.07, 6.45) is -3.42. The third-order valence-corrected chi connectivity index (χ3v) is 8.45. The third kappa shape index (κ3) is 6.52. The number of H-pyrrole nitrogens is 1. The molecule has 0 amide bonds. The number of allylic oxidation sites excluding steroid dienone is 4. The van der Waals surface area contributed by atoms with Crippen LogP contribution in [0.5, 0.6) is 0 Å². The van der Waals surface area contributed by atoms with Crippen molar-refractivity contribution in [2.45, 2.75) is 57.9 Å². The van der Waals surface area contributed by atoms with Gasteiger partial charge in [0.05, 0.1) is 22.5 Å². The maximum atomic E-state index is 14.6. The highest BCUT2D eigenvalue weighted by atomic mass is 19.4. The van der Waals surface area contributed by atoms with Gasteiger partial charge in [-0.2, -0.15) is 13.2 Å². The second kappa shape index (κ2) is 11.3. The van der Waals surface area contributed by atoms with Crippen LogP contribution in [0.2, 0.25) is 0 Å². The molecule has 5 rings (SSSR count). The van der Waals surface area contributed by atoms with E-state index in [4.69, 9.17) is 4.98 Å². The third-order valence-electron chi connectivity index (χ3n) is 8.45. The number of hydrogen-bond donors (Lipinski definition) is 3. The fourth-order valence-corrected chi connectivity index (χ4v) is 6.11. The van der Waals surface area contributed by atoms with Crippen molar-refractivity contribution in [1.82, 2.24) is 19.8 Å². The van der Waals surface area contributed by atoms with E-state index in [9.17, 15) is 23.4 Å². The lowest BCUT2D eigenvalue weighted by Gasteiger charge is -2.39. The van der Waals surface area contributed by atoms with Gasteiger partial charge < -0.3 is 20.1 Å². The van der Waals surface area contributed by atoms with Crippen molar-refractivity contribution < 1.29 is 23.4 Å². The van der Waals surface area contributed by atoms with Gasteiger partial charge in [-0.05, 0) is 60.2 Å². The molecule has 1 fully saturated rings. The minimum atomic E-state index is -4.89. The van der Waals surface area contributed by atoms with Gasteiger partial charge in [-0.15, -0.1) is 0 Å². The largest absolute Gasteiger partial charge is 0.512 e. The van der Waals surface area contributed by atoms with Crippen molar-refractivity contribution in [3.63, 3.8) is 0 Å². The standard InChI is InChI=1S/C32H39F3N4O2/c1-30(2,26-17-23(9-12-29(26)40)22-7-5-4-6-8-22)21-31(41,32(33,34)35)19-25-18-28-27(37-25)11-10-24(36-28)20-39-15-13-38(3)14-16-39/h4-8,10-11,17-18,37,40-41H,9,12-16,19-21H2,1-3H3. The molecule has 1 aliphatic carbocycles. The second-order valence-corrected chi connectivity index (χ2v) is 12.3. The van der Waals surface area contributed by atoms with Crippen LogP contribution in [-0.4, -0.2) is 75.0 Å². The molecule has 3 heterocycles. The number of aromatic nitrogens is 2. The predicted octanol–water partition coefficient (Wildman–Crippen LogP) is 6.25. The summed E-state index contributed by atoms with van der Waals surface area (Å²) >= 11 is 0. The number of hydrogen-bond acceptors (Lipinski definition) is 5. The Kier molecular flexibility index (Phi) is 8.07. The molecule has 6 nitrogen and oxygen atoms in total. The predicted molar refractivity (Wildman–Crippen MR) is 155 cm³/mol. The van der Waals surface area contributed by atoms with E-state index < -0.39 is 30.0 Å². The minimum Gasteiger partial charge on any atom is -0.512 e. The van der Waals surface area contributed by atoms with Crippen molar-refractivity contribution >= 4 is 16.6 Å². The molecule has 220 valence electrons. The van der Waals surface area contributed by atoms with Crippen LogP contribution in [0.25, 0.3) is 16.6 Å². The van der Waals surface area contributed by atoms with E-state index in [0.717, 1.165) is 43.0 Å². The SMILES string of the molecule is CN1CCN(Cc2ccc3[nH]c(CC(O)(CC(C)(C)C4=C(O)CCC(c5ccccc5)=C4)C(F)(F)F)cc3n2)CC1. The molecule has 0 bridgehead atoms. The van der Waals surface area contributed by atoms with E-state index in [2.05, 4.69) is 21.8 Å². The van der Waals surface area contributed by atoms with Crippen LogP contribution in [0.4, 0.5) is 13.2 Å². The number of alkyl halides is 3. The number of nitrogens with one attached hydrogen (secondary N) is 1. The first-order valence-electron chi connectivity index (χ1n) is 14.2. The number of aromatic amines is 1. The number of aliphatic hydroxyl groups is 2. The Hall–Kier alpha value is -3.14. The van der Waals surface area contributed by atoms with E-state index in [1.807, 2.05) is 42.5 Å². The molecule has 41 heavy (non-hydrogen) atoms. The Balaban J connectivity index is 1.37. The normalized spacial score (nSPS) is 19.4. The van der Waals surface area contributed by atoms with Gasteiger partial charge in [-0.25, -0.2) is 4.98 Å². The molecule has 1 aromatic carbocycles. The number of benzene rings is 1. The van der Waals surface area contributed by atoms with Crippen molar-refractivity contribution in [1.29, 1.82) is 0 Å². The quantitative estimate of drug-likeness (QED) is 0.300. The Labute approximate surface area is 239 Å². The summed E-state index contributed by atoms with van der Waals surface area (Å²) in [5.41, 5.74) is 0.515. The molecule has 0 saturated carbocycles. The zero-order valence-corrected chi connectivity index (χ0v) is 23.9. The second-order valence-electron chi connectivity index (χ2n) is 12.3. The van der Waals surface area contributed by atoms with E-state index in [1.165, 1.54) is 0 Å². The number of halogens is 3. The molecule has 1 atom stereocenters. The van der Waals surface area contributed by atoms with Crippen molar-refractivity contribution in [3.05, 3.63) is 82.9 Å². The van der Waals surface area contributed by atoms with E-state index in [0.29, 0.717) is 36.0 Å². The van der Waals surface area contributed by atoms with Crippen LogP contribution in [-0.2, 0) is 13.0 Å². The first kappa shape index (κ1) is 29.4. The maximum Gasteiger partial charge on any atom is 0.417 e. The van der Waals surface area contributed by atoms with Crippen LogP contribution >= 0.6 is 0 Å². The Morgan fingerprint density at radius 3 is 2.37 bits per heavy atom. The molecule has 1 saturated heterocycles.